The van der Waals surface area contributed by atoms with Gasteiger partial charge >= 0.3 is 161 Å². The van der Waals surface area contributed by atoms with Gasteiger partial charge in [0.2, 0.25) is 0 Å². The molecule has 125 valence electrons. The Morgan fingerprint density at radius 3 is 2.42 bits per heavy atom. The Balaban J connectivity index is 2.28. The van der Waals surface area contributed by atoms with Crippen LogP contribution in [0.3, 0.4) is 0 Å². The van der Waals surface area contributed by atoms with Crippen molar-refractivity contribution in [1.82, 2.24) is 0 Å². The second kappa shape index (κ2) is 7.49. The number of rotatable bonds is 4. The van der Waals surface area contributed by atoms with Gasteiger partial charge in [0.25, 0.3) is 0 Å². The SMILES string of the molecule is CCc1ccccc1-c1c(C)ccc2c1C=C(C(C)C)[CH]2[Zr]([Cl])[Cl]. The quantitative estimate of drug-likeness (QED) is 0.473. The van der Waals surface area contributed by atoms with Crippen LogP contribution in [0, 0.1) is 12.8 Å². The summed E-state index contributed by atoms with van der Waals surface area (Å²) in [4.78, 5) is 0. The van der Waals surface area contributed by atoms with Crippen LogP contribution in [0.5, 0.6) is 0 Å². The molecule has 0 amide bonds. The zero-order valence-corrected chi connectivity index (χ0v) is 18.6. The van der Waals surface area contributed by atoms with Crippen molar-refractivity contribution >= 4 is 23.1 Å². The van der Waals surface area contributed by atoms with E-state index >= 15 is 0 Å². The molecule has 0 heterocycles. The Hall–Kier alpha value is -0.357. The van der Waals surface area contributed by atoms with E-state index in [1.165, 1.54) is 39.0 Å². The normalized spacial score (nSPS) is 16.3. The third-order valence-electron chi connectivity index (χ3n) is 5.00. The number of hydrogen-bond acceptors (Lipinski definition) is 0. The van der Waals surface area contributed by atoms with E-state index in [0.717, 1.165) is 6.42 Å². The molecule has 1 aliphatic rings. The van der Waals surface area contributed by atoms with Crippen LogP contribution in [-0.4, -0.2) is 0 Å². The van der Waals surface area contributed by atoms with Crippen molar-refractivity contribution in [2.75, 3.05) is 0 Å². The van der Waals surface area contributed by atoms with Gasteiger partial charge < -0.3 is 0 Å². The van der Waals surface area contributed by atoms with Crippen molar-refractivity contribution in [3.8, 4) is 11.1 Å². The van der Waals surface area contributed by atoms with Gasteiger partial charge in [-0.2, -0.15) is 0 Å². The number of fused-ring (bicyclic) bond motifs is 1. The molecular weight excluding hydrogens is 414 g/mol. The molecule has 0 aromatic heterocycles. The molecule has 0 fully saturated rings. The molecule has 0 radical (unpaired) electrons. The van der Waals surface area contributed by atoms with Crippen LogP contribution in [-0.2, 0) is 25.8 Å². The zero-order valence-electron chi connectivity index (χ0n) is 14.7. The van der Waals surface area contributed by atoms with Gasteiger partial charge in [0.1, 0.15) is 0 Å². The van der Waals surface area contributed by atoms with E-state index in [-0.39, 0.29) is 0 Å². The Kier molecular flexibility index (Phi) is 5.75. The Labute approximate surface area is 160 Å². The Morgan fingerprint density at radius 2 is 1.79 bits per heavy atom. The molecule has 1 atom stereocenters. The van der Waals surface area contributed by atoms with Gasteiger partial charge in [-0.25, -0.2) is 0 Å². The van der Waals surface area contributed by atoms with E-state index in [9.17, 15) is 0 Å². The summed E-state index contributed by atoms with van der Waals surface area (Å²) >= 11 is -2.44. The second-order valence-corrected chi connectivity index (χ2v) is 15.6. The third kappa shape index (κ3) is 3.21. The average Bonchev–Trinajstić information content (AvgIpc) is 2.94. The molecule has 0 nitrogen and oxygen atoms in total. The molecule has 0 aliphatic heterocycles. The molecule has 0 bridgehead atoms. The van der Waals surface area contributed by atoms with Crippen LogP contribution in [0.1, 0.15) is 46.7 Å². The molecule has 0 spiro atoms. The molecule has 3 rings (SSSR count). The fraction of sp³-hybridized carbons (Fsp3) is 0.333. The summed E-state index contributed by atoms with van der Waals surface area (Å²) in [5, 5.41) is 0. The maximum absolute atomic E-state index is 6.57. The van der Waals surface area contributed by atoms with Gasteiger partial charge in [0, 0.05) is 0 Å². The first kappa shape index (κ1) is 18.4. The summed E-state index contributed by atoms with van der Waals surface area (Å²) in [7, 11) is 13.1. The fourth-order valence-electron chi connectivity index (χ4n) is 3.75. The second-order valence-electron chi connectivity index (χ2n) is 6.79. The van der Waals surface area contributed by atoms with Crippen molar-refractivity contribution in [1.29, 1.82) is 0 Å². The summed E-state index contributed by atoms with van der Waals surface area (Å²) in [6, 6.07) is 13.2. The standard InChI is InChI=1S/C21H23.2ClH.Zr/c1-5-16-8-6-7-9-19(16)21-15(4)10-11-17-12-18(14(2)3)13-20(17)21;;;/h6-14H,5H2,1-4H3;2*1H;/q;;;+2/p-2. The van der Waals surface area contributed by atoms with E-state index < -0.39 is 19.4 Å². The van der Waals surface area contributed by atoms with E-state index in [2.05, 4.69) is 70.2 Å². The third-order valence-corrected chi connectivity index (χ3v) is 10.2. The number of halogens is 2. The molecule has 3 heteroatoms. The van der Waals surface area contributed by atoms with Gasteiger partial charge in [-0.05, 0) is 0 Å². The van der Waals surface area contributed by atoms with Gasteiger partial charge in [0.05, 0.1) is 0 Å². The maximum atomic E-state index is 6.57. The van der Waals surface area contributed by atoms with E-state index in [4.69, 9.17) is 17.0 Å². The minimum absolute atomic E-state index is 0.291. The van der Waals surface area contributed by atoms with Crippen LogP contribution < -0.4 is 0 Å². The molecule has 2 aromatic rings. The summed E-state index contributed by atoms with van der Waals surface area (Å²) < 4.78 is 0.291. The number of aryl methyl sites for hydroxylation is 2. The first-order valence-corrected chi connectivity index (χ1v) is 16.3. The summed E-state index contributed by atoms with van der Waals surface area (Å²) in [6.45, 7) is 8.92. The molecule has 24 heavy (non-hydrogen) atoms. The summed E-state index contributed by atoms with van der Waals surface area (Å²) in [5.41, 5.74) is 9.56. The molecule has 0 N–H and O–H groups in total. The average molecular weight is 438 g/mol. The number of benzene rings is 2. The topological polar surface area (TPSA) is 0 Å². The summed E-state index contributed by atoms with van der Waals surface area (Å²) in [5.74, 6) is 0.477. The predicted octanol–water partition coefficient (Wildman–Crippen LogP) is 7.24. The van der Waals surface area contributed by atoms with Crippen LogP contribution in [0.25, 0.3) is 17.2 Å². The van der Waals surface area contributed by atoms with Crippen molar-refractivity contribution in [3.63, 3.8) is 0 Å². The van der Waals surface area contributed by atoms with Gasteiger partial charge in [-0.15, -0.1) is 0 Å². The van der Waals surface area contributed by atoms with Crippen molar-refractivity contribution in [2.24, 2.45) is 5.92 Å². The molecule has 1 unspecified atom stereocenters. The van der Waals surface area contributed by atoms with E-state index in [1.54, 1.807) is 0 Å². The zero-order chi connectivity index (χ0) is 17.4. The van der Waals surface area contributed by atoms with Crippen LogP contribution in [0.15, 0.2) is 42.0 Å². The van der Waals surface area contributed by atoms with Crippen LogP contribution >= 0.6 is 17.0 Å². The minimum atomic E-state index is -2.44. The first-order chi connectivity index (χ1) is 11.5. The monoisotopic (exact) mass is 435 g/mol. The van der Waals surface area contributed by atoms with Gasteiger partial charge in [-0.1, -0.05) is 0 Å². The van der Waals surface area contributed by atoms with E-state index in [1.807, 2.05) is 0 Å². The van der Waals surface area contributed by atoms with Crippen molar-refractivity contribution in [3.05, 3.63) is 64.2 Å². The number of hydrogen-bond donors (Lipinski definition) is 0. The predicted molar refractivity (Wildman–Crippen MR) is 103 cm³/mol. The Bertz CT molecular complexity index is 790. The molecule has 2 aromatic carbocycles. The molecule has 0 saturated heterocycles. The van der Waals surface area contributed by atoms with Gasteiger partial charge in [0.15, 0.2) is 0 Å². The first-order valence-electron chi connectivity index (χ1n) is 8.56. The number of allylic oxidation sites excluding steroid dienone is 1. The van der Waals surface area contributed by atoms with Gasteiger partial charge in [-0.3, -0.25) is 0 Å². The molecular formula is C21H23Cl2Zr. The Morgan fingerprint density at radius 1 is 1.08 bits per heavy atom. The fourth-order valence-corrected chi connectivity index (χ4v) is 9.48. The van der Waals surface area contributed by atoms with Crippen molar-refractivity contribution in [2.45, 2.75) is 37.7 Å². The molecule has 1 aliphatic carbocycles. The molecule has 0 saturated carbocycles. The van der Waals surface area contributed by atoms with E-state index in [0.29, 0.717) is 9.54 Å². The van der Waals surface area contributed by atoms with Crippen molar-refractivity contribution < 1.29 is 19.4 Å². The summed E-state index contributed by atoms with van der Waals surface area (Å²) in [6.07, 6.45) is 3.42. The van der Waals surface area contributed by atoms with Crippen LogP contribution in [0.2, 0.25) is 0 Å². The van der Waals surface area contributed by atoms with Crippen LogP contribution in [0.4, 0.5) is 0 Å².